The molecule has 17 heavy (non-hydrogen) atoms. The van der Waals surface area contributed by atoms with Crippen molar-refractivity contribution in [2.75, 3.05) is 5.73 Å². The van der Waals surface area contributed by atoms with Crippen LogP contribution < -0.4 is 5.73 Å². The van der Waals surface area contributed by atoms with Crippen molar-refractivity contribution in [1.82, 2.24) is 0 Å². The molecule has 2 rings (SSSR count). The number of sulfone groups is 1. The summed E-state index contributed by atoms with van der Waals surface area (Å²) in [5.41, 5.74) is 5.60. The topological polar surface area (TPSA) is 60.2 Å². The summed E-state index contributed by atoms with van der Waals surface area (Å²) in [7, 11) is -3.40. The molecule has 1 aliphatic carbocycles. The van der Waals surface area contributed by atoms with E-state index in [2.05, 4.69) is 0 Å². The zero-order valence-corrected chi connectivity index (χ0v) is 10.3. The lowest BCUT2D eigenvalue weighted by Crippen LogP contribution is -2.24. The van der Waals surface area contributed by atoms with E-state index >= 15 is 0 Å². The number of rotatable bonds is 2. The normalized spacial score (nSPS) is 18.2. The predicted molar refractivity (Wildman–Crippen MR) is 64.9 cm³/mol. The van der Waals surface area contributed by atoms with Crippen LogP contribution in [0.1, 0.15) is 32.1 Å². The third-order valence-corrected chi connectivity index (χ3v) is 5.60. The van der Waals surface area contributed by atoms with Crippen LogP contribution in [0.5, 0.6) is 0 Å². The number of halogens is 1. The molecule has 5 heteroatoms. The van der Waals surface area contributed by atoms with Gasteiger partial charge in [0.1, 0.15) is 5.82 Å². The Balaban J connectivity index is 2.37. The average molecular weight is 257 g/mol. The van der Waals surface area contributed by atoms with Gasteiger partial charge in [0.25, 0.3) is 0 Å². The largest absolute Gasteiger partial charge is 0.398 e. The zero-order chi connectivity index (χ0) is 12.5. The van der Waals surface area contributed by atoms with Crippen LogP contribution in [-0.4, -0.2) is 13.7 Å². The number of hydrogen-bond acceptors (Lipinski definition) is 3. The predicted octanol–water partition coefficient (Wildman–Crippen LogP) is 2.51. The van der Waals surface area contributed by atoms with Gasteiger partial charge in [0.05, 0.1) is 15.8 Å². The smallest absolute Gasteiger partial charge is 0.183 e. The fraction of sp³-hybridized carbons (Fsp3) is 0.500. The summed E-state index contributed by atoms with van der Waals surface area (Å²) in [4.78, 5) is 0.0748. The minimum atomic E-state index is -3.40. The molecular formula is C12H16FNO2S. The third-order valence-electron chi connectivity index (χ3n) is 3.27. The molecule has 0 saturated heterocycles. The van der Waals surface area contributed by atoms with E-state index in [-0.39, 0.29) is 15.8 Å². The van der Waals surface area contributed by atoms with Crippen molar-refractivity contribution in [3.63, 3.8) is 0 Å². The molecule has 0 heterocycles. The Morgan fingerprint density at radius 3 is 2.41 bits per heavy atom. The molecule has 3 nitrogen and oxygen atoms in total. The molecule has 0 unspecified atom stereocenters. The molecule has 1 fully saturated rings. The SMILES string of the molecule is Nc1cc(F)ccc1S(=O)(=O)C1CCCCC1. The molecule has 2 N–H and O–H groups in total. The summed E-state index contributed by atoms with van der Waals surface area (Å²) >= 11 is 0. The van der Waals surface area contributed by atoms with Gasteiger partial charge in [-0.15, -0.1) is 0 Å². The van der Waals surface area contributed by atoms with Crippen molar-refractivity contribution in [3.05, 3.63) is 24.0 Å². The quantitative estimate of drug-likeness (QED) is 0.654. The summed E-state index contributed by atoms with van der Waals surface area (Å²) in [5.74, 6) is -0.509. The van der Waals surface area contributed by atoms with Crippen LogP contribution in [0.15, 0.2) is 23.1 Å². The summed E-state index contributed by atoms with van der Waals surface area (Å²) in [6.07, 6.45) is 4.32. The van der Waals surface area contributed by atoms with Crippen LogP contribution >= 0.6 is 0 Å². The Kier molecular flexibility index (Phi) is 3.38. The van der Waals surface area contributed by atoms with E-state index in [0.29, 0.717) is 12.8 Å². The van der Waals surface area contributed by atoms with Crippen molar-refractivity contribution in [1.29, 1.82) is 0 Å². The van der Waals surface area contributed by atoms with Gasteiger partial charge in [-0.05, 0) is 31.0 Å². The molecule has 0 aromatic heterocycles. The standard InChI is InChI=1S/C12H16FNO2S/c13-9-6-7-12(11(14)8-9)17(15,16)10-4-2-1-3-5-10/h6-8,10H,1-5,14H2. The number of hydrogen-bond donors (Lipinski definition) is 1. The summed E-state index contributed by atoms with van der Waals surface area (Å²) in [6.45, 7) is 0. The van der Waals surface area contributed by atoms with E-state index in [4.69, 9.17) is 5.73 Å². The molecule has 0 radical (unpaired) electrons. The molecule has 0 amide bonds. The summed E-state index contributed by atoms with van der Waals surface area (Å²) in [6, 6.07) is 3.48. The highest BCUT2D eigenvalue weighted by Crippen LogP contribution is 2.31. The second kappa shape index (κ2) is 4.64. The zero-order valence-electron chi connectivity index (χ0n) is 9.52. The van der Waals surface area contributed by atoms with Crippen LogP contribution in [-0.2, 0) is 9.84 Å². The van der Waals surface area contributed by atoms with Gasteiger partial charge in [-0.25, -0.2) is 12.8 Å². The van der Waals surface area contributed by atoms with E-state index in [0.717, 1.165) is 31.4 Å². The van der Waals surface area contributed by atoms with Gasteiger partial charge < -0.3 is 5.73 Å². The second-order valence-corrected chi connectivity index (χ2v) is 6.68. The molecule has 1 aliphatic rings. The minimum Gasteiger partial charge on any atom is -0.398 e. The van der Waals surface area contributed by atoms with Gasteiger partial charge >= 0.3 is 0 Å². The van der Waals surface area contributed by atoms with Crippen LogP contribution in [0.3, 0.4) is 0 Å². The van der Waals surface area contributed by atoms with Crippen molar-refractivity contribution in [3.8, 4) is 0 Å². The molecular weight excluding hydrogens is 241 g/mol. The van der Waals surface area contributed by atoms with Crippen molar-refractivity contribution < 1.29 is 12.8 Å². The van der Waals surface area contributed by atoms with Crippen molar-refractivity contribution in [2.45, 2.75) is 42.2 Å². The van der Waals surface area contributed by atoms with Crippen LogP contribution in [0.4, 0.5) is 10.1 Å². The van der Waals surface area contributed by atoms with Crippen LogP contribution in [0.25, 0.3) is 0 Å². The second-order valence-electron chi connectivity index (χ2n) is 4.49. The van der Waals surface area contributed by atoms with Gasteiger partial charge in [0, 0.05) is 0 Å². The number of benzene rings is 1. The van der Waals surface area contributed by atoms with Gasteiger partial charge in [-0.1, -0.05) is 19.3 Å². The Morgan fingerprint density at radius 1 is 1.18 bits per heavy atom. The van der Waals surface area contributed by atoms with Gasteiger partial charge in [-0.2, -0.15) is 0 Å². The third kappa shape index (κ3) is 2.44. The Hall–Kier alpha value is -1.10. The highest BCUT2D eigenvalue weighted by Gasteiger charge is 2.30. The fourth-order valence-electron chi connectivity index (χ4n) is 2.33. The molecule has 1 saturated carbocycles. The Bertz CT molecular complexity index is 507. The number of nitrogens with two attached hydrogens (primary N) is 1. The molecule has 0 atom stereocenters. The van der Waals surface area contributed by atoms with Crippen molar-refractivity contribution in [2.24, 2.45) is 0 Å². The molecule has 0 spiro atoms. The highest BCUT2D eigenvalue weighted by molar-refractivity contribution is 7.92. The Labute approximate surface area is 101 Å². The lowest BCUT2D eigenvalue weighted by atomic mass is 10.0. The maximum atomic E-state index is 12.9. The van der Waals surface area contributed by atoms with E-state index in [9.17, 15) is 12.8 Å². The highest BCUT2D eigenvalue weighted by atomic mass is 32.2. The first kappa shape index (κ1) is 12.4. The molecule has 94 valence electrons. The van der Waals surface area contributed by atoms with E-state index < -0.39 is 15.7 Å². The first-order chi connectivity index (χ1) is 8.01. The van der Waals surface area contributed by atoms with E-state index in [1.807, 2.05) is 0 Å². The molecule has 1 aromatic rings. The van der Waals surface area contributed by atoms with Gasteiger partial charge in [0.2, 0.25) is 0 Å². The van der Waals surface area contributed by atoms with E-state index in [1.165, 1.54) is 6.07 Å². The van der Waals surface area contributed by atoms with Crippen LogP contribution in [0, 0.1) is 5.82 Å². The monoisotopic (exact) mass is 257 g/mol. The summed E-state index contributed by atoms with van der Waals surface area (Å²) in [5, 5.41) is -0.357. The fourth-order valence-corrected chi connectivity index (χ4v) is 4.29. The number of anilines is 1. The Morgan fingerprint density at radius 2 is 1.82 bits per heavy atom. The van der Waals surface area contributed by atoms with Gasteiger partial charge in [0.15, 0.2) is 9.84 Å². The first-order valence-electron chi connectivity index (χ1n) is 5.81. The first-order valence-corrected chi connectivity index (χ1v) is 7.35. The molecule has 0 bridgehead atoms. The van der Waals surface area contributed by atoms with Gasteiger partial charge in [-0.3, -0.25) is 0 Å². The lowest BCUT2D eigenvalue weighted by molar-refractivity contribution is 0.484. The summed E-state index contributed by atoms with van der Waals surface area (Å²) < 4.78 is 37.5. The maximum absolute atomic E-state index is 12.9. The van der Waals surface area contributed by atoms with Crippen LogP contribution in [0.2, 0.25) is 0 Å². The molecule has 0 aliphatic heterocycles. The van der Waals surface area contributed by atoms with E-state index in [1.54, 1.807) is 0 Å². The minimum absolute atomic E-state index is 0.00979. The maximum Gasteiger partial charge on any atom is 0.183 e. The van der Waals surface area contributed by atoms with Crippen molar-refractivity contribution >= 4 is 15.5 Å². The average Bonchev–Trinajstić information content (AvgIpc) is 2.29. The molecule has 1 aromatic carbocycles. The lowest BCUT2D eigenvalue weighted by Gasteiger charge is -2.22. The number of nitrogen functional groups attached to an aromatic ring is 1.